The minimum atomic E-state index is -0.698. The Balaban J connectivity index is 1.35. The molecular weight excluding hydrogens is 556 g/mol. The molecule has 0 atom stereocenters. The Morgan fingerprint density at radius 1 is 0.778 bits per heavy atom. The molecule has 0 aliphatic carbocycles. The van der Waals surface area contributed by atoms with Gasteiger partial charge in [-0.05, 0) is 25.0 Å². The minimum absolute atomic E-state index is 0.0225. The zero-order valence-corrected chi connectivity index (χ0v) is 21.6. The van der Waals surface area contributed by atoms with E-state index in [2.05, 4.69) is 10.9 Å². The fraction of sp³-hybridized carbons (Fsp3) is 0.261. The highest BCUT2D eigenvalue weighted by molar-refractivity contribution is 6.55. The van der Waals surface area contributed by atoms with Gasteiger partial charge in [-0.3, -0.25) is 39.7 Å². The van der Waals surface area contributed by atoms with Crippen molar-refractivity contribution in [3.05, 3.63) is 67.1 Å². The van der Waals surface area contributed by atoms with E-state index < -0.39 is 36.2 Å². The molecule has 4 amide bonds. The molecule has 0 bridgehead atoms. The molecule has 0 aromatic heterocycles. The van der Waals surface area contributed by atoms with E-state index in [4.69, 9.17) is 51.1 Å². The Morgan fingerprint density at radius 2 is 1.36 bits per heavy atom. The fourth-order valence-corrected chi connectivity index (χ4v) is 4.37. The Labute approximate surface area is 225 Å². The molecule has 0 fully saturated rings. The number of nitrogens with one attached hydrogen (secondary N) is 2. The molecule has 2 aromatic carbocycles. The van der Waals surface area contributed by atoms with Gasteiger partial charge in [0.05, 0.1) is 31.2 Å². The maximum atomic E-state index is 12.7. The van der Waals surface area contributed by atoms with Gasteiger partial charge in [-0.25, -0.2) is 0 Å². The number of hydrogen-bond donors (Lipinski definition) is 2. The normalized spacial score (nSPS) is 12.4. The number of carbonyl (C=O) groups excluding carboxylic acids is 5. The maximum Gasteiger partial charge on any atom is 0.306 e. The fourth-order valence-electron chi connectivity index (χ4n) is 3.36. The summed E-state index contributed by atoms with van der Waals surface area (Å²) in [6.07, 6.45) is 1.31. The molecule has 0 unspecified atom stereocenters. The second-order valence-corrected chi connectivity index (χ2v) is 9.12. The van der Waals surface area contributed by atoms with Crippen LogP contribution in [0.4, 0.5) is 0 Å². The lowest BCUT2D eigenvalue weighted by atomic mass is 10.1. The van der Waals surface area contributed by atoms with Crippen molar-refractivity contribution in [1.82, 2.24) is 15.8 Å². The van der Waals surface area contributed by atoms with Crippen LogP contribution in [0.2, 0.25) is 20.1 Å². The van der Waals surface area contributed by atoms with Crippen LogP contribution < -0.4 is 10.9 Å². The zero-order valence-electron chi connectivity index (χ0n) is 18.5. The molecule has 0 spiro atoms. The van der Waals surface area contributed by atoms with Crippen molar-refractivity contribution >= 4 is 76.0 Å². The number of esters is 1. The molecule has 2 aromatic rings. The first kappa shape index (κ1) is 27.7. The number of ether oxygens (including phenoxy) is 1. The molecule has 1 aliphatic rings. The summed E-state index contributed by atoms with van der Waals surface area (Å²) in [5, 5.41) is -0.464. The summed E-state index contributed by atoms with van der Waals surface area (Å²) in [5.74, 6) is -3.06. The van der Waals surface area contributed by atoms with Gasteiger partial charge in [-0.2, -0.15) is 0 Å². The van der Waals surface area contributed by atoms with Gasteiger partial charge < -0.3 is 4.74 Å². The maximum absolute atomic E-state index is 12.7. The largest absolute Gasteiger partial charge is 0.455 e. The molecule has 0 radical (unpaired) electrons. The van der Waals surface area contributed by atoms with Crippen molar-refractivity contribution in [3.63, 3.8) is 0 Å². The Hall–Kier alpha value is -2.85. The number of hydrogen-bond acceptors (Lipinski definition) is 6. The van der Waals surface area contributed by atoms with Crippen LogP contribution in [0.25, 0.3) is 0 Å². The number of rotatable bonds is 9. The van der Waals surface area contributed by atoms with E-state index in [0.717, 1.165) is 4.90 Å². The highest BCUT2D eigenvalue weighted by Gasteiger charge is 2.41. The number of imide groups is 1. The summed E-state index contributed by atoms with van der Waals surface area (Å²) >= 11 is 24.2. The Morgan fingerprint density at radius 3 is 1.94 bits per heavy atom. The SMILES string of the molecule is O=C(COC(=O)CCCCCN1C(=O)c2c(Cl)c(Cl)c(Cl)c(Cl)c2C1=O)NNC(=O)c1ccccc1. The average molecular weight is 575 g/mol. The van der Waals surface area contributed by atoms with Crippen molar-refractivity contribution in [2.75, 3.05) is 13.2 Å². The van der Waals surface area contributed by atoms with Crippen LogP contribution in [-0.4, -0.2) is 47.6 Å². The van der Waals surface area contributed by atoms with E-state index in [1.165, 1.54) is 0 Å². The lowest BCUT2D eigenvalue weighted by molar-refractivity contribution is -0.148. The highest BCUT2D eigenvalue weighted by atomic mass is 35.5. The summed E-state index contributed by atoms with van der Waals surface area (Å²) in [5.41, 5.74) is 4.56. The summed E-state index contributed by atoms with van der Waals surface area (Å²) in [6.45, 7) is -0.484. The molecule has 190 valence electrons. The van der Waals surface area contributed by atoms with Gasteiger partial charge in [0.15, 0.2) is 6.61 Å². The van der Waals surface area contributed by atoms with Crippen LogP contribution in [0.15, 0.2) is 30.3 Å². The van der Waals surface area contributed by atoms with Crippen LogP contribution in [-0.2, 0) is 14.3 Å². The number of hydrazine groups is 1. The summed E-state index contributed by atoms with van der Waals surface area (Å²) < 4.78 is 4.87. The van der Waals surface area contributed by atoms with Gasteiger partial charge in [0.1, 0.15) is 0 Å². The molecule has 0 saturated heterocycles. The number of benzene rings is 2. The van der Waals surface area contributed by atoms with Crippen molar-refractivity contribution in [2.24, 2.45) is 0 Å². The zero-order chi connectivity index (χ0) is 26.4. The van der Waals surface area contributed by atoms with Gasteiger partial charge >= 0.3 is 5.97 Å². The van der Waals surface area contributed by atoms with E-state index in [-0.39, 0.29) is 44.2 Å². The first-order valence-electron chi connectivity index (χ1n) is 10.7. The first-order chi connectivity index (χ1) is 17.1. The molecule has 2 N–H and O–H groups in total. The molecule has 9 nitrogen and oxygen atoms in total. The van der Waals surface area contributed by atoms with Crippen molar-refractivity contribution < 1.29 is 28.7 Å². The second kappa shape index (κ2) is 12.4. The van der Waals surface area contributed by atoms with E-state index in [0.29, 0.717) is 24.8 Å². The summed E-state index contributed by atoms with van der Waals surface area (Å²) in [7, 11) is 0. The van der Waals surface area contributed by atoms with Gasteiger partial charge in [0.2, 0.25) is 0 Å². The van der Waals surface area contributed by atoms with Crippen molar-refractivity contribution in [2.45, 2.75) is 25.7 Å². The van der Waals surface area contributed by atoms with Crippen LogP contribution >= 0.6 is 46.4 Å². The van der Waals surface area contributed by atoms with E-state index >= 15 is 0 Å². The van der Waals surface area contributed by atoms with Gasteiger partial charge in [0.25, 0.3) is 23.6 Å². The van der Waals surface area contributed by atoms with Crippen molar-refractivity contribution in [1.29, 1.82) is 0 Å². The third kappa shape index (κ3) is 6.28. The van der Waals surface area contributed by atoms with Gasteiger partial charge in [-0.1, -0.05) is 71.0 Å². The predicted molar refractivity (Wildman–Crippen MR) is 133 cm³/mol. The first-order valence-corrected chi connectivity index (χ1v) is 12.2. The second-order valence-electron chi connectivity index (χ2n) is 7.61. The summed E-state index contributed by atoms with van der Waals surface area (Å²) in [6, 6.07) is 8.25. The topological polar surface area (TPSA) is 122 Å². The van der Waals surface area contributed by atoms with Gasteiger partial charge in [0, 0.05) is 18.5 Å². The quantitative estimate of drug-likeness (QED) is 0.114. The number of halogens is 4. The third-order valence-corrected chi connectivity index (χ3v) is 6.97. The third-order valence-electron chi connectivity index (χ3n) is 5.16. The van der Waals surface area contributed by atoms with Crippen LogP contribution in [0.5, 0.6) is 0 Å². The minimum Gasteiger partial charge on any atom is -0.455 e. The van der Waals surface area contributed by atoms with E-state index in [1.54, 1.807) is 30.3 Å². The van der Waals surface area contributed by atoms with Crippen LogP contribution in [0.3, 0.4) is 0 Å². The molecule has 36 heavy (non-hydrogen) atoms. The van der Waals surface area contributed by atoms with Crippen LogP contribution in [0, 0.1) is 0 Å². The number of fused-ring (bicyclic) bond motifs is 1. The highest BCUT2D eigenvalue weighted by Crippen LogP contribution is 2.44. The van der Waals surface area contributed by atoms with Crippen molar-refractivity contribution in [3.8, 4) is 0 Å². The van der Waals surface area contributed by atoms with E-state index in [9.17, 15) is 24.0 Å². The van der Waals surface area contributed by atoms with Gasteiger partial charge in [-0.15, -0.1) is 0 Å². The predicted octanol–water partition coefficient (Wildman–Crippen LogP) is 4.46. The average Bonchev–Trinajstić information content (AvgIpc) is 3.13. The molecular formula is C23H19Cl4N3O6. The molecule has 1 aliphatic heterocycles. The van der Waals surface area contributed by atoms with Crippen LogP contribution in [0.1, 0.15) is 56.8 Å². The van der Waals surface area contributed by atoms with E-state index in [1.807, 2.05) is 0 Å². The number of unbranched alkanes of at least 4 members (excludes halogenated alkanes) is 2. The lowest BCUT2D eigenvalue weighted by Crippen LogP contribution is -2.43. The Bertz CT molecular complexity index is 1180. The summed E-state index contributed by atoms with van der Waals surface area (Å²) in [4.78, 5) is 61.8. The molecule has 3 rings (SSSR count). The molecule has 13 heteroatoms. The monoisotopic (exact) mass is 573 g/mol. The molecule has 0 saturated carbocycles. The smallest absolute Gasteiger partial charge is 0.306 e. The Kier molecular flexibility index (Phi) is 9.56. The molecule has 1 heterocycles. The standard InChI is InChI=1S/C23H19Cl4N3O6/c24-17-15-16(18(25)20(27)19(17)26)23(35)30(22(15)34)10-6-2-5-9-14(32)36-11-13(31)28-29-21(33)12-7-3-1-4-8-12/h1,3-4,7-8H,2,5-6,9-11H2,(H,28,31)(H,29,33). The lowest BCUT2D eigenvalue weighted by Gasteiger charge is -2.13. The number of carbonyl (C=O) groups is 5. The number of amides is 4. The number of nitrogens with zero attached hydrogens (tertiary/aromatic N) is 1.